The predicted octanol–water partition coefficient (Wildman–Crippen LogP) is 2.15. The van der Waals surface area contributed by atoms with Gasteiger partial charge in [-0.15, -0.1) is 16.4 Å². The summed E-state index contributed by atoms with van der Waals surface area (Å²) >= 11 is 1.53. The molecule has 2 aromatic heterocycles. The van der Waals surface area contributed by atoms with Crippen LogP contribution in [-0.4, -0.2) is 31.3 Å². The van der Waals surface area contributed by atoms with Gasteiger partial charge in [-0.2, -0.15) is 0 Å². The quantitative estimate of drug-likeness (QED) is 0.876. The number of thiophene rings is 1. The second kappa shape index (κ2) is 5.92. The highest BCUT2D eigenvalue weighted by Crippen LogP contribution is 2.23. The van der Waals surface area contributed by atoms with E-state index in [-0.39, 0.29) is 0 Å². The van der Waals surface area contributed by atoms with E-state index in [1.807, 2.05) is 31.4 Å². The van der Waals surface area contributed by atoms with Crippen molar-refractivity contribution in [2.24, 2.45) is 11.8 Å². The molecule has 7 heteroatoms. The standard InChI is InChI=1S/C12H16N4O2S/c1-8(2)6-9(12(17)18)7-16-11(13-14-15-16)10-4-3-5-19-10/h3-5,8-9H,6-7H2,1-2H3,(H,17,18). The molecule has 2 aromatic rings. The van der Waals surface area contributed by atoms with Crippen LogP contribution in [0.25, 0.3) is 10.7 Å². The van der Waals surface area contributed by atoms with Crippen molar-refractivity contribution >= 4 is 17.3 Å². The molecule has 0 saturated carbocycles. The van der Waals surface area contributed by atoms with Gasteiger partial charge < -0.3 is 5.11 Å². The molecule has 0 radical (unpaired) electrons. The Kier molecular flexibility index (Phi) is 4.26. The van der Waals surface area contributed by atoms with Crippen molar-refractivity contribution in [2.75, 3.05) is 0 Å². The van der Waals surface area contributed by atoms with Crippen LogP contribution in [0.3, 0.4) is 0 Å². The second-order valence-electron chi connectivity index (χ2n) is 4.83. The van der Waals surface area contributed by atoms with Gasteiger partial charge in [0.2, 0.25) is 0 Å². The van der Waals surface area contributed by atoms with Crippen LogP contribution in [0.1, 0.15) is 20.3 Å². The summed E-state index contributed by atoms with van der Waals surface area (Å²) in [6.07, 6.45) is 0.610. The van der Waals surface area contributed by atoms with Crippen LogP contribution in [0.4, 0.5) is 0 Å². The largest absolute Gasteiger partial charge is 0.481 e. The maximum absolute atomic E-state index is 11.3. The molecule has 0 aliphatic rings. The fraction of sp³-hybridized carbons (Fsp3) is 0.500. The Bertz CT molecular complexity index is 536. The molecule has 0 saturated heterocycles. The Morgan fingerprint density at radius 2 is 2.32 bits per heavy atom. The van der Waals surface area contributed by atoms with Crippen LogP contribution in [0.15, 0.2) is 17.5 Å². The predicted molar refractivity (Wildman–Crippen MR) is 71.7 cm³/mol. The van der Waals surface area contributed by atoms with E-state index < -0.39 is 11.9 Å². The van der Waals surface area contributed by atoms with E-state index in [1.54, 1.807) is 4.68 Å². The van der Waals surface area contributed by atoms with E-state index in [4.69, 9.17) is 0 Å². The van der Waals surface area contributed by atoms with Gasteiger partial charge in [0, 0.05) is 0 Å². The third kappa shape index (κ3) is 3.37. The zero-order chi connectivity index (χ0) is 13.8. The number of carbonyl (C=O) groups is 1. The highest BCUT2D eigenvalue weighted by Gasteiger charge is 2.22. The Balaban J connectivity index is 2.18. The van der Waals surface area contributed by atoms with Crippen LogP contribution in [0.5, 0.6) is 0 Å². The number of nitrogens with zero attached hydrogens (tertiary/aromatic N) is 4. The number of hydrogen-bond acceptors (Lipinski definition) is 5. The summed E-state index contributed by atoms with van der Waals surface area (Å²) in [6, 6.07) is 3.84. The fourth-order valence-corrected chi connectivity index (χ4v) is 2.65. The first-order chi connectivity index (χ1) is 9.08. The molecule has 2 rings (SSSR count). The number of aromatic nitrogens is 4. The minimum Gasteiger partial charge on any atom is -0.481 e. The topological polar surface area (TPSA) is 80.9 Å². The number of hydrogen-bond donors (Lipinski definition) is 1. The first-order valence-electron chi connectivity index (χ1n) is 6.10. The first kappa shape index (κ1) is 13.7. The summed E-state index contributed by atoms with van der Waals surface area (Å²) < 4.78 is 1.58. The molecule has 0 aromatic carbocycles. The molecule has 0 aliphatic carbocycles. The Hall–Kier alpha value is -1.76. The maximum Gasteiger partial charge on any atom is 0.308 e. The molecule has 6 nitrogen and oxygen atoms in total. The van der Waals surface area contributed by atoms with E-state index in [1.165, 1.54) is 11.3 Å². The van der Waals surface area contributed by atoms with Gasteiger partial charge in [0.15, 0.2) is 5.82 Å². The normalized spacial score (nSPS) is 12.8. The van der Waals surface area contributed by atoms with Gasteiger partial charge >= 0.3 is 5.97 Å². The van der Waals surface area contributed by atoms with Crippen LogP contribution in [-0.2, 0) is 11.3 Å². The van der Waals surface area contributed by atoms with E-state index in [9.17, 15) is 9.90 Å². The molecule has 2 heterocycles. The lowest BCUT2D eigenvalue weighted by Crippen LogP contribution is -2.23. The van der Waals surface area contributed by atoms with Gasteiger partial charge in [-0.25, -0.2) is 4.68 Å². The first-order valence-corrected chi connectivity index (χ1v) is 6.98. The summed E-state index contributed by atoms with van der Waals surface area (Å²) in [7, 11) is 0. The fourth-order valence-electron chi connectivity index (χ4n) is 1.94. The summed E-state index contributed by atoms with van der Waals surface area (Å²) in [5, 5.41) is 22.7. The van der Waals surface area contributed by atoms with Crippen molar-refractivity contribution in [3.8, 4) is 10.7 Å². The summed E-state index contributed by atoms with van der Waals surface area (Å²) in [4.78, 5) is 12.2. The van der Waals surface area contributed by atoms with Crippen molar-refractivity contribution in [2.45, 2.75) is 26.8 Å². The molecule has 0 fully saturated rings. The smallest absolute Gasteiger partial charge is 0.308 e. The van der Waals surface area contributed by atoms with Gasteiger partial charge in [0.25, 0.3) is 0 Å². The van der Waals surface area contributed by atoms with Gasteiger partial charge in [0.05, 0.1) is 17.3 Å². The lowest BCUT2D eigenvalue weighted by molar-refractivity contribution is -0.142. The highest BCUT2D eigenvalue weighted by atomic mass is 32.1. The number of tetrazole rings is 1. The molecular weight excluding hydrogens is 264 g/mol. The van der Waals surface area contributed by atoms with Crippen LogP contribution in [0.2, 0.25) is 0 Å². The van der Waals surface area contributed by atoms with Crippen molar-refractivity contribution in [1.82, 2.24) is 20.2 Å². The van der Waals surface area contributed by atoms with E-state index in [0.29, 0.717) is 24.7 Å². The Morgan fingerprint density at radius 1 is 1.53 bits per heavy atom. The third-order valence-corrected chi connectivity index (χ3v) is 3.64. The van der Waals surface area contributed by atoms with Gasteiger partial charge in [-0.05, 0) is 34.2 Å². The third-order valence-electron chi connectivity index (χ3n) is 2.77. The summed E-state index contributed by atoms with van der Waals surface area (Å²) in [6.45, 7) is 4.32. The summed E-state index contributed by atoms with van der Waals surface area (Å²) in [5.74, 6) is -0.323. The minimum atomic E-state index is -0.804. The highest BCUT2D eigenvalue weighted by molar-refractivity contribution is 7.13. The molecule has 1 unspecified atom stereocenters. The number of rotatable bonds is 6. The lowest BCUT2D eigenvalue weighted by atomic mass is 9.97. The van der Waals surface area contributed by atoms with E-state index in [0.717, 1.165) is 4.88 Å². The molecule has 0 aliphatic heterocycles. The van der Waals surface area contributed by atoms with Gasteiger partial charge in [-0.1, -0.05) is 19.9 Å². The average Bonchev–Trinajstić information content (AvgIpc) is 2.96. The molecule has 0 bridgehead atoms. The van der Waals surface area contributed by atoms with Crippen molar-refractivity contribution in [3.63, 3.8) is 0 Å². The lowest BCUT2D eigenvalue weighted by Gasteiger charge is -2.14. The Morgan fingerprint density at radius 3 is 2.89 bits per heavy atom. The SMILES string of the molecule is CC(C)CC(Cn1nnnc1-c1cccs1)C(=O)O. The maximum atomic E-state index is 11.3. The molecular formula is C12H16N4O2S. The van der Waals surface area contributed by atoms with Crippen LogP contribution in [0, 0.1) is 11.8 Å². The summed E-state index contributed by atoms with van der Waals surface area (Å²) in [5.41, 5.74) is 0. The molecule has 0 amide bonds. The molecule has 19 heavy (non-hydrogen) atoms. The molecule has 1 atom stereocenters. The second-order valence-corrected chi connectivity index (χ2v) is 5.77. The molecule has 1 N–H and O–H groups in total. The van der Waals surface area contributed by atoms with E-state index in [2.05, 4.69) is 15.5 Å². The van der Waals surface area contributed by atoms with E-state index >= 15 is 0 Å². The van der Waals surface area contributed by atoms with Crippen molar-refractivity contribution in [1.29, 1.82) is 0 Å². The zero-order valence-electron chi connectivity index (χ0n) is 10.9. The van der Waals surface area contributed by atoms with Crippen molar-refractivity contribution in [3.05, 3.63) is 17.5 Å². The van der Waals surface area contributed by atoms with Crippen LogP contribution < -0.4 is 0 Å². The van der Waals surface area contributed by atoms with Crippen LogP contribution >= 0.6 is 11.3 Å². The number of carboxylic acid groups (broad SMARTS) is 1. The van der Waals surface area contributed by atoms with Crippen molar-refractivity contribution < 1.29 is 9.90 Å². The Labute approximate surface area is 115 Å². The minimum absolute atomic E-state index is 0.299. The average molecular weight is 280 g/mol. The van der Waals surface area contributed by atoms with Gasteiger partial charge in [-0.3, -0.25) is 4.79 Å². The molecule has 102 valence electrons. The number of carboxylic acids is 1. The molecule has 0 spiro atoms. The zero-order valence-corrected chi connectivity index (χ0v) is 11.7. The number of aliphatic carboxylic acids is 1. The van der Waals surface area contributed by atoms with Gasteiger partial charge in [0.1, 0.15) is 0 Å². The monoisotopic (exact) mass is 280 g/mol.